The average molecular weight is 361 g/mol. The molecule has 0 aromatic rings. The normalized spacial score (nSPS) is 20.1. The van der Waals surface area contributed by atoms with E-state index >= 15 is 0 Å². The Labute approximate surface area is 151 Å². The highest BCUT2D eigenvalue weighted by Crippen LogP contribution is 2.28. The molecule has 0 unspecified atom stereocenters. The minimum atomic E-state index is -0.461. The first-order chi connectivity index (χ1) is 11.2. The van der Waals surface area contributed by atoms with Crippen LogP contribution >= 0.6 is 12.4 Å². The summed E-state index contributed by atoms with van der Waals surface area (Å²) >= 11 is 0. The molecule has 140 valence electrons. The van der Waals surface area contributed by atoms with Gasteiger partial charge in [-0.2, -0.15) is 0 Å². The maximum Gasteiger partial charge on any atom is 0.240 e. The van der Waals surface area contributed by atoms with E-state index in [0.29, 0.717) is 13.0 Å². The van der Waals surface area contributed by atoms with E-state index in [4.69, 9.17) is 0 Å². The number of nitrogens with zero attached hydrogens (tertiary/aromatic N) is 1. The monoisotopic (exact) mass is 360 g/mol. The van der Waals surface area contributed by atoms with Gasteiger partial charge in [-0.25, -0.2) is 0 Å². The van der Waals surface area contributed by atoms with Crippen LogP contribution in [0, 0.1) is 0 Å². The molecule has 1 saturated carbocycles. The van der Waals surface area contributed by atoms with E-state index in [9.17, 15) is 9.59 Å². The van der Waals surface area contributed by atoms with E-state index in [1.807, 2.05) is 4.90 Å². The number of amides is 2. The van der Waals surface area contributed by atoms with Gasteiger partial charge in [-0.1, -0.05) is 26.2 Å². The number of nitrogens with one attached hydrogen (secondary N) is 3. The summed E-state index contributed by atoms with van der Waals surface area (Å²) in [5.74, 6) is 0.313. The van der Waals surface area contributed by atoms with Crippen molar-refractivity contribution < 1.29 is 9.59 Å². The Kier molecular flexibility index (Phi) is 9.63. The van der Waals surface area contributed by atoms with Gasteiger partial charge in [0.2, 0.25) is 11.8 Å². The molecule has 2 amide bonds. The van der Waals surface area contributed by atoms with Gasteiger partial charge in [0.15, 0.2) is 0 Å². The van der Waals surface area contributed by atoms with Gasteiger partial charge < -0.3 is 20.9 Å². The molecule has 1 aliphatic heterocycles. The summed E-state index contributed by atoms with van der Waals surface area (Å²) in [5, 5.41) is 9.73. The van der Waals surface area contributed by atoms with E-state index in [-0.39, 0.29) is 24.2 Å². The maximum atomic E-state index is 12.6. The van der Waals surface area contributed by atoms with Crippen LogP contribution in [0.4, 0.5) is 0 Å². The Morgan fingerprint density at radius 3 is 2.38 bits per heavy atom. The zero-order valence-electron chi connectivity index (χ0n) is 14.9. The van der Waals surface area contributed by atoms with E-state index in [0.717, 1.165) is 64.8 Å². The Morgan fingerprint density at radius 2 is 1.75 bits per heavy atom. The van der Waals surface area contributed by atoms with E-state index < -0.39 is 5.54 Å². The van der Waals surface area contributed by atoms with Crippen molar-refractivity contribution in [1.29, 1.82) is 0 Å². The second-order valence-electron chi connectivity index (χ2n) is 6.71. The molecule has 2 aliphatic rings. The van der Waals surface area contributed by atoms with Crippen molar-refractivity contribution in [3.63, 3.8) is 0 Å². The third kappa shape index (κ3) is 5.90. The minimum absolute atomic E-state index is 0. The number of piperazine rings is 1. The van der Waals surface area contributed by atoms with Crippen molar-refractivity contribution in [1.82, 2.24) is 20.9 Å². The first kappa shape index (κ1) is 21.2. The predicted molar refractivity (Wildman–Crippen MR) is 98.4 cm³/mol. The summed E-state index contributed by atoms with van der Waals surface area (Å²) < 4.78 is 0. The fraction of sp³-hybridized carbons (Fsp3) is 0.882. The highest BCUT2D eigenvalue weighted by Gasteiger charge is 2.38. The molecule has 0 aromatic heterocycles. The van der Waals surface area contributed by atoms with Crippen molar-refractivity contribution >= 4 is 24.2 Å². The van der Waals surface area contributed by atoms with Gasteiger partial charge in [-0.15, -0.1) is 12.4 Å². The van der Waals surface area contributed by atoms with Crippen LogP contribution in [0.3, 0.4) is 0 Å². The number of hydrogen-bond acceptors (Lipinski definition) is 4. The topological polar surface area (TPSA) is 73.5 Å². The van der Waals surface area contributed by atoms with Gasteiger partial charge in [-0.05, 0) is 19.3 Å². The van der Waals surface area contributed by atoms with Gasteiger partial charge in [0, 0.05) is 45.7 Å². The standard InChI is InChI=1S/C17H32N4O2.ClH/c1-2-9-19-16(23)17(7-4-3-5-8-17)20-10-6-15(22)21-13-11-18-12-14-21;/h18,20H,2-14H2,1H3,(H,19,23);1H. The predicted octanol–water partition coefficient (Wildman–Crippen LogP) is 1.05. The molecule has 0 aromatic carbocycles. The molecule has 0 atom stereocenters. The van der Waals surface area contributed by atoms with Gasteiger partial charge in [0.1, 0.15) is 0 Å². The van der Waals surface area contributed by atoms with Crippen LogP contribution in [0.2, 0.25) is 0 Å². The third-order valence-corrected chi connectivity index (χ3v) is 4.95. The molecule has 7 heteroatoms. The summed E-state index contributed by atoms with van der Waals surface area (Å²) in [6.07, 6.45) is 6.54. The quantitative estimate of drug-likeness (QED) is 0.634. The number of rotatable bonds is 7. The summed E-state index contributed by atoms with van der Waals surface area (Å²) in [4.78, 5) is 26.7. The molecule has 0 radical (unpaired) electrons. The van der Waals surface area contributed by atoms with E-state index in [1.165, 1.54) is 6.42 Å². The fourth-order valence-corrected chi connectivity index (χ4v) is 3.53. The Balaban J connectivity index is 0.00000288. The molecule has 3 N–H and O–H groups in total. The zero-order chi connectivity index (χ0) is 16.5. The highest BCUT2D eigenvalue weighted by molar-refractivity contribution is 5.86. The van der Waals surface area contributed by atoms with E-state index in [2.05, 4.69) is 22.9 Å². The Hall–Kier alpha value is -0.850. The molecule has 0 bridgehead atoms. The lowest BCUT2D eigenvalue weighted by molar-refractivity contribution is -0.133. The lowest BCUT2D eigenvalue weighted by Crippen LogP contribution is -2.58. The molecular formula is C17H33ClN4O2. The maximum absolute atomic E-state index is 12.6. The molecule has 1 aliphatic carbocycles. The van der Waals surface area contributed by atoms with Gasteiger partial charge in [0.25, 0.3) is 0 Å². The third-order valence-electron chi connectivity index (χ3n) is 4.95. The summed E-state index contributed by atoms with van der Waals surface area (Å²) in [5.41, 5.74) is -0.461. The second-order valence-corrected chi connectivity index (χ2v) is 6.71. The van der Waals surface area contributed by atoms with Crippen molar-refractivity contribution in [3.05, 3.63) is 0 Å². The molecule has 2 fully saturated rings. The van der Waals surface area contributed by atoms with Crippen LogP contribution in [0.5, 0.6) is 0 Å². The van der Waals surface area contributed by atoms with Crippen LogP contribution < -0.4 is 16.0 Å². The minimum Gasteiger partial charge on any atom is -0.355 e. The van der Waals surface area contributed by atoms with Crippen LogP contribution in [-0.2, 0) is 9.59 Å². The first-order valence-corrected chi connectivity index (χ1v) is 9.20. The Morgan fingerprint density at radius 1 is 1.08 bits per heavy atom. The van der Waals surface area contributed by atoms with Crippen LogP contribution in [0.15, 0.2) is 0 Å². The summed E-state index contributed by atoms with van der Waals surface area (Å²) in [6, 6.07) is 0. The fourth-order valence-electron chi connectivity index (χ4n) is 3.53. The summed E-state index contributed by atoms with van der Waals surface area (Å²) in [6.45, 7) is 6.71. The molecule has 0 spiro atoms. The molecule has 1 heterocycles. The number of carbonyl (C=O) groups excluding carboxylic acids is 2. The number of carbonyl (C=O) groups is 2. The summed E-state index contributed by atoms with van der Waals surface area (Å²) in [7, 11) is 0. The molecule has 24 heavy (non-hydrogen) atoms. The van der Waals surface area contributed by atoms with Crippen molar-refractivity contribution in [3.8, 4) is 0 Å². The van der Waals surface area contributed by atoms with Gasteiger partial charge >= 0.3 is 0 Å². The molecular weight excluding hydrogens is 328 g/mol. The zero-order valence-corrected chi connectivity index (χ0v) is 15.7. The van der Waals surface area contributed by atoms with Crippen LogP contribution in [0.25, 0.3) is 0 Å². The van der Waals surface area contributed by atoms with Crippen LogP contribution in [0.1, 0.15) is 51.9 Å². The van der Waals surface area contributed by atoms with Crippen molar-refractivity contribution in [2.24, 2.45) is 0 Å². The average Bonchev–Trinajstić information content (AvgIpc) is 2.61. The molecule has 2 rings (SSSR count). The second kappa shape index (κ2) is 10.9. The van der Waals surface area contributed by atoms with E-state index in [1.54, 1.807) is 0 Å². The number of halogens is 1. The highest BCUT2D eigenvalue weighted by atomic mass is 35.5. The van der Waals surface area contributed by atoms with Gasteiger partial charge in [-0.3, -0.25) is 9.59 Å². The molecule has 6 nitrogen and oxygen atoms in total. The van der Waals surface area contributed by atoms with Crippen molar-refractivity contribution in [2.75, 3.05) is 39.3 Å². The van der Waals surface area contributed by atoms with Gasteiger partial charge in [0.05, 0.1) is 5.54 Å². The Bertz CT molecular complexity index is 394. The lowest BCUT2D eigenvalue weighted by Gasteiger charge is -2.37. The lowest BCUT2D eigenvalue weighted by atomic mass is 9.80. The largest absolute Gasteiger partial charge is 0.355 e. The smallest absolute Gasteiger partial charge is 0.240 e. The SMILES string of the molecule is CCCNC(=O)C1(NCCC(=O)N2CCNCC2)CCCCC1.Cl. The molecule has 1 saturated heterocycles. The number of hydrogen-bond donors (Lipinski definition) is 3. The van der Waals surface area contributed by atoms with Crippen LogP contribution in [-0.4, -0.2) is 61.5 Å². The van der Waals surface area contributed by atoms with Crippen molar-refractivity contribution in [2.45, 2.75) is 57.4 Å². The first-order valence-electron chi connectivity index (χ1n) is 9.20.